The highest BCUT2D eigenvalue weighted by Crippen LogP contribution is 2.27. The number of aryl methyl sites for hydroxylation is 2. The number of carbonyl (C=O) groups is 1. The van der Waals surface area contributed by atoms with Crippen LogP contribution < -0.4 is 5.32 Å². The highest BCUT2D eigenvalue weighted by molar-refractivity contribution is 5.96. The number of piperazine rings is 1. The first-order valence-corrected chi connectivity index (χ1v) is 9.31. The molecule has 0 radical (unpaired) electrons. The Hall–Kier alpha value is -2.57. The number of hydrogen-bond acceptors (Lipinski definition) is 3. The number of nitrogens with one attached hydrogen (secondary N) is 1. The quantitative estimate of drug-likeness (QED) is 0.736. The highest BCUT2D eigenvalue weighted by atomic mass is 35.5. The summed E-state index contributed by atoms with van der Waals surface area (Å²) in [4.78, 5) is 19.9. The predicted molar refractivity (Wildman–Crippen MR) is 112 cm³/mol. The Morgan fingerprint density at radius 1 is 1.21 bits per heavy atom. The van der Waals surface area contributed by atoms with Gasteiger partial charge in [0.05, 0.1) is 5.56 Å². The molecule has 1 aliphatic rings. The normalized spacial score (nSPS) is 16.7. The van der Waals surface area contributed by atoms with E-state index in [1.54, 1.807) is 6.20 Å². The third-order valence-corrected chi connectivity index (χ3v) is 5.34. The average molecular weight is 400 g/mol. The van der Waals surface area contributed by atoms with Gasteiger partial charge in [0, 0.05) is 56.2 Å². The zero-order valence-corrected chi connectivity index (χ0v) is 17.2. The minimum absolute atomic E-state index is 0. The number of aromatic nitrogens is 3. The highest BCUT2D eigenvalue weighted by Gasteiger charge is 2.32. The molecule has 6 nitrogen and oxygen atoms in total. The lowest BCUT2D eigenvalue weighted by molar-refractivity contribution is 0.0620. The van der Waals surface area contributed by atoms with Crippen LogP contribution in [0.5, 0.6) is 0 Å². The molecule has 148 valence electrons. The van der Waals surface area contributed by atoms with E-state index in [-0.39, 0.29) is 24.4 Å². The minimum Gasteiger partial charge on any atom is -0.336 e. The van der Waals surface area contributed by atoms with Crippen LogP contribution in [-0.2, 0) is 7.05 Å². The number of imidazole rings is 1. The average Bonchev–Trinajstić information content (AvgIpc) is 3.24. The van der Waals surface area contributed by atoms with Crippen molar-refractivity contribution in [3.63, 3.8) is 0 Å². The van der Waals surface area contributed by atoms with E-state index in [9.17, 15) is 4.79 Å². The summed E-state index contributed by atoms with van der Waals surface area (Å²) in [6.45, 7) is 6.25. The van der Waals surface area contributed by atoms with Gasteiger partial charge in [0.2, 0.25) is 0 Å². The third-order valence-electron chi connectivity index (χ3n) is 5.34. The zero-order chi connectivity index (χ0) is 19.0. The van der Waals surface area contributed by atoms with Gasteiger partial charge in [-0.2, -0.15) is 0 Å². The van der Waals surface area contributed by atoms with Gasteiger partial charge >= 0.3 is 0 Å². The van der Waals surface area contributed by atoms with Gasteiger partial charge in [0.25, 0.3) is 5.91 Å². The molecular weight excluding hydrogens is 374 g/mol. The fourth-order valence-corrected chi connectivity index (χ4v) is 3.98. The molecule has 28 heavy (non-hydrogen) atoms. The van der Waals surface area contributed by atoms with Crippen molar-refractivity contribution in [1.82, 2.24) is 24.3 Å². The topological polar surface area (TPSA) is 55.1 Å². The summed E-state index contributed by atoms with van der Waals surface area (Å²) in [5, 5.41) is 3.39. The van der Waals surface area contributed by atoms with E-state index in [2.05, 4.69) is 27.0 Å². The van der Waals surface area contributed by atoms with Crippen LogP contribution in [0.1, 0.15) is 33.6 Å². The zero-order valence-electron chi connectivity index (χ0n) is 16.4. The van der Waals surface area contributed by atoms with Crippen molar-refractivity contribution in [2.75, 3.05) is 19.6 Å². The van der Waals surface area contributed by atoms with E-state index in [1.165, 1.54) is 0 Å². The van der Waals surface area contributed by atoms with Crippen LogP contribution in [0.2, 0.25) is 0 Å². The lowest BCUT2D eigenvalue weighted by Gasteiger charge is -2.35. The van der Waals surface area contributed by atoms with E-state index in [1.807, 2.05) is 60.8 Å². The number of rotatable bonds is 3. The van der Waals surface area contributed by atoms with Crippen molar-refractivity contribution >= 4 is 18.3 Å². The maximum atomic E-state index is 13.5. The van der Waals surface area contributed by atoms with Gasteiger partial charge < -0.3 is 19.4 Å². The SMILES string of the molecule is Cc1cc(C(=O)N2CCNCC2c2nccn2C)c(C)n1-c1ccccc1.Cl. The van der Waals surface area contributed by atoms with Crippen LogP contribution >= 0.6 is 12.4 Å². The van der Waals surface area contributed by atoms with E-state index in [0.29, 0.717) is 13.1 Å². The number of nitrogens with zero attached hydrogens (tertiary/aromatic N) is 4. The molecule has 1 aliphatic heterocycles. The summed E-state index contributed by atoms with van der Waals surface area (Å²) in [6, 6.07) is 12.1. The summed E-state index contributed by atoms with van der Waals surface area (Å²) >= 11 is 0. The Morgan fingerprint density at radius 2 is 1.96 bits per heavy atom. The van der Waals surface area contributed by atoms with Crippen molar-refractivity contribution in [3.8, 4) is 5.69 Å². The van der Waals surface area contributed by atoms with Crippen molar-refractivity contribution < 1.29 is 4.79 Å². The molecule has 3 heterocycles. The van der Waals surface area contributed by atoms with Crippen LogP contribution in [0.25, 0.3) is 5.69 Å². The molecule has 1 unspecified atom stereocenters. The van der Waals surface area contributed by atoms with E-state index in [4.69, 9.17) is 0 Å². The lowest BCUT2D eigenvalue weighted by Crippen LogP contribution is -2.49. The molecule has 0 bridgehead atoms. The van der Waals surface area contributed by atoms with Crippen LogP contribution in [0, 0.1) is 13.8 Å². The van der Waals surface area contributed by atoms with Crippen LogP contribution in [0.15, 0.2) is 48.8 Å². The van der Waals surface area contributed by atoms with Gasteiger partial charge in [-0.1, -0.05) is 18.2 Å². The molecule has 1 atom stereocenters. The summed E-state index contributed by atoms with van der Waals surface area (Å²) in [5.41, 5.74) is 3.87. The molecule has 1 aromatic carbocycles. The summed E-state index contributed by atoms with van der Waals surface area (Å²) in [5.74, 6) is 0.979. The van der Waals surface area contributed by atoms with Gasteiger partial charge in [0.1, 0.15) is 11.9 Å². The maximum absolute atomic E-state index is 13.5. The number of benzene rings is 1. The van der Waals surface area contributed by atoms with Crippen molar-refractivity contribution in [2.24, 2.45) is 7.05 Å². The molecule has 1 N–H and O–H groups in total. The molecule has 0 saturated carbocycles. The molecule has 7 heteroatoms. The van der Waals surface area contributed by atoms with Crippen LogP contribution in [-0.4, -0.2) is 44.6 Å². The molecule has 0 aliphatic carbocycles. The Bertz CT molecular complexity index is 963. The third kappa shape index (κ3) is 3.45. The fourth-order valence-electron chi connectivity index (χ4n) is 3.98. The molecule has 3 aromatic rings. The number of halogens is 1. The standard InChI is InChI=1S/C21H25N5O.ClH/c1-15-13-18(16(2)26(15)17-7-5-4-6-8-17)21(27)25-12-9-22-14-19(25)20-23-10-11-24(20)3;/h4-8,10-11,13,19,22H,9,12,14H2,1-3H3;1H. The Balaban J connectivity index is 0.00000225. The molecule has 0 spiro atoms. The van der Waals surface area contributed by atoms with Crippen molar-refractivity contribution in [1.29, 1.82) is 0 Å². The van der Waals surface area contributed by atoms with Gasteiger partial charge in [0.15, 0.2) is 0 Å². The summed E-state index contributed by atoms with van der Waals surface area (Å²) in [7, 11) is 1.97. The largest absolute Gasteiger partial charge is 0.336 e. The monoisotopic (exact) mass is 399 g/mol. The molecule has 4 rings (SSSR count). The van der Waals surface area contributed by atoms with E-state index < -0.39 is 0 Å². The van der Waals surface area contributed by atoms with Gasteiger partial charge in [-0.15, -0.1) is 12.4 Å². The number of carbonyl (C=O) groups excluding carboxylic acids is 1. The molecule has 1 amide bonds. The number of hydrogen-bond donors (Lipinski definition) is 1. The second kappa shape index (κ2) is 8.20. The molecular formula is C21H26ClN5O. The second-order valence-corrected chi connectivity index (χ2v) is 7.07. The van der Waals surface area contributed by atoms with Crippen molar-refractivity contribution in [3.05, 3.63) is 71.6 Å². The Kier molecular flexibility index (Phi) is 5.91. The predicted octanol–water partition coefficient (Wildman–Crippen LogP) is 3.04. The number of para-hydroxylation sites is 1. The van der Waals surface area contributed by atoms with Crippen LogP contribution in [0.3, 0.4) is 0 Å². The Morgan fingerprint density at radius 3 is 2.64 bits per heavy atom. The Labute approximate surface area is 171 Å². The molecule has 1 saturated heterocycles. The first-order valence-electron chi connectivity index (χ1n) is 9.31. The lowest BCUT2D eigenvalue weighted by atomic mass is 10.1. The molecule has 1 fully saturated rings. The second-order valence-electron chi connectivity index (χ2n) is 7.07. The minimum atomic E-state index is -0.0639. The first-order chi connectivity index (χ1) is 13.1. The van der Waals surface area contributed by atoms with E-state index in [0.717, 1.165) is 35.0 Å². The van der Waals surface area contributed by atoms with Crippen molar-refractivity contribution in [2.45, 2.75) is 19.9 Å². The number of amides is 1. The maximum Gasteiger partial charge on any atom is 0.256 e. The smallest absolute Gasteiger partial charge is 0.256 e. The fraction of sp³-hybridized carbons (Fsp3) is 0.333. The summed E-state index contributed by atoms with van der Waals surface area (Å²) < 4.78 is 4.14. The first kappa shape index (κ1) is 20.2. The van der Waals surface area contributed by atoms with Gasteiger partial charge in [-0.3, -0.25) is 4.79 Å². The van der Waals surface area contributed by atoms with Gasteiger partial charge in [-0.25, -0.2) is 4.98 Å². The van der Waals surface area contributed by atoms with E-state index >= 15 is 0 Å². The van der Waals surface area contributed by atoms with Crippen LogP contribution in [0.4, 0.5) is 0 Å². The van der Waals surface area contributed by atoms with Gasteiger partial charge in [-0.05, 0) is 32.0 Å². The molecule has 2 aromatic heterocycles. The summed E-state index contributed by atoms with van der Waals surface area (Å²) in [6.07, 6.45) is 3.71.